The minimum Gasteiger partial charge on any atom is -0.427 e. The zero-order valence-corrected chi connectivity index (χ0v) is 13.0. The van der Waals surface area contributed by atoms with Gasteiger partial charge in [-0.25, -0.2) is 0 Å². The minimum absolute atomic E-state index is 0.135. The van der Waals surface area contributed by atoms with Crippen LogP contribution in [0.3, 0.4) is 0 Å². The number of carbonyl (C=O) groups is 1. The summed E-state index contributed by atoms with van der Waals surface area (Å²) in [4.78, 5) is 13.3. The Kier molecular flexibility index (Phi) is 5.37. The van der Waals surface area contributed by atoms with Crippen LogP contribution < -0.4 is 4.74 Å². The molecule has 0 unspecified atom stereocenters. The Morgan fingerprint density at radius 1 is 1.29 bits per heavy atom. The van der Waals surface area contributed by atoms with E-state index in [1.165, 1.54) is 12.5 Å². The summed E-state index contributed by atoms with van der Waals surface area (Å²) in [6.45, 7) is 6.84. The Balaban J connectivity index is 1.87. The third-order valence-electron chi connectivity index (χ3n) is 4.59. The van der Waals surface area contributed by atoms with Crippen LogP contribution in [0.25, 0.3) is 0 Å². The number of esters is 1. The van der Waals surface area contributed by atoms with Crippen LogP contribution in [-0.2, 0) is 11.3 Å². The molecule has 0 atom stereocenters. The number of benzene rings is 1. The van der Waals surface area contributed by atoms with E-state index in [9.17, 15) is 9.90 Å². The highest BCUT2D eigenvalue weighted by Gasteiger charge is 2.32. The van der Waals surface area contributed by atoms with Crippen LogP contribution in [0.15, 0.2) is 24.3 Å². The number of hydrogen-bond acceptors (Lipinski definition) is 4. The number of ether oxygens (including phenoxy) is 1. The van der Waals surface area contributed by atoms with E-state index >= 15 is 0 Å². The monoisotopic (exact) mass is 291 g/mol. The van der Waals surface area contributed by atoms with Crippen molar-refractivity contribution in [1.29, 1.82) is 0 Å². The molecule has 1 saturated heterocycles. The lowest BCUT2D eigenvalue weighted by molar-refractivity contribution is -0.131. The summed E-state index contributed by atoms with van der Waals surface area (Å²) in [6, 6.07) is 7.69. The van der Waals surface area contributed by atoms with Gasteiger partial charge in [-0.2, -0.15) is 0 Å². The van der Waals surface area contributed by atoms with Crippen molar-refractivity contribution < 1.29 is 14.6 Å². The molecule has 0 amide bonds. The van der Waals surface area contributed by atoms with Crippen LogP contribution >= 0.6 is 0 Å². The minimum atomic E-state index is -0.293. The maximum absolute atomic E-state index is 10.9. The number of nitrogens with zero attached hydrogens (tertiary/aromatic N) is 1. The van der Waals surface area contributed by atoms with Gasteiger partial charge in [0.05, 0.1) is 0 Å². The molecule has 1 fully saturated rings. The Hall–Kier alpha value is -1.39. The maximum atomic E-state index is 10.9. The Morgan fingerprint density at radius 3 is 2.38 bits per heavy atom. The second kappa shape index (κ2) is 7.05. The van der Waals surface area contributed by atoms with Gasteiger partial charge >= 0.3 is 5.97 Å². The first-order chi connectivity index (χ1) is 10.1. The van der Waals surface area contributed by atoms with Crippen molar-refractivity contribution in [3.63, 3.8) is 0 Å². The molecule has 0 aliphatic carbocycles. The number of aliphatic hydroxyl groups excluding tert-OH is 1. The second-order valence-electron chi connectivity index (χ2n) is 6.03. The standard InChI is InChI=1S/C17H25NO3/c1-3-17(13-19)8-10-18(11-9-17)12-15-4-6-16(7-5-15)21-14(2)20/h4-7,19H,3,8-13H2,1-2H3. The fourth-order valence-electron chi connectivity index (χ4n) is 2.90. The first-order valence-corrected chi connectivity index (χ1v) is 7.67. The summed E-state index contributed by atoms with van der Waals surface area (Å²) in [5, 5.41) is 9.56. The topological polar surface area (TPSA) is 49.8 Å². The number of aliphatic hydroxyl groups is 1. The Bertz CT molecular complexity index is 455. The quantitative estimate of drug-likeness (QED) is 0.669. The molecule has 4 nitrogen and oxygen atoms in total. The number of likely N-dealkylation sites (tertiary alicyclic amines) is 1. The summed E-state index contributed by atoms with van der Waals surface area (Å²) in [7, 11) is 0. The predicted octanol–water partition coefficient (Wildman–Crippen LogP) is 2.60. The van der Waals surface area contributed by atoms with Crippen LogP contribution in [0.4, 0.5) is 0 Å². The molecule has 1 aliphatic rings. The number of piperidine rings is 1. The van der Waals surface area contributed by atoms with E-state index in [1.54, 1.807) is 0 Å². The molecule has 0 saturated carbocycles. The van der Waals surface area contributed by atoms with E-state index in [4.69, 9.17) is 4.74 Å². The first kappa shape index (κ1) is 16.0. The summed E-state index contributed by atoms with van der Waals surface area (Å²) in [6.07, 6.45) is 3.17. The van der Waals surface area contributed by atoms with Crippen LogP contribution in [-0.4, -0.2) is 35.7 Å². The molecule has 2 rings (SSSR count). The summed E-state index contributed by atoms with van der Waals surface area (Å²) < 4.78 is 5.04. The van der Waals surface area contributed by atoms with E-state index in [1.807, 2.05) is 24.3 Å². The van der Waals surface area contributed by atoms with E-state index in [0.717, 1.165) is 38.9 Å². The van der Waals surface area contributed by atoms with Crippen molar-refractivity contribution in [2.45, 2.75) is 39.7 Å². The smallest absolute Gasteiger partial charge is 0.308 e. The van der Waals surface area contributed by atoms with E-state index in [-0.39, 0.29) is 11.4 Å². The third-order valence-corrected chi connectivity index (χ3v) is 4.59. The molecule has 0 aromatic heterocycles. The fraction of sp³-hybridized carbons (Fsp3) is 0.588. The van der Waals surface area contributed by atoms with Crippen molar-refractivity contribution in [3.8, 4) is 5.75 Å². The van der Waals surface area contributed by atoms with Crippen molar-refractivity contribution in [3.05, 3.63) is 29.8 Å². The largest absolute Gasteiger partial charge is 0.427 e. The van der Waals surface area contributed by atoms with E-state index < -0.39 is 0 Å². The molecule has 0 radical (unpaired) electrons. The zero-order chi connectivity index (χ0) is 15.3. The fourth-order valence-corrected chi connectivity index (χ4v) is 2.90. The highest BCUT2D eigenvalue weighted by molar-refractivity contribution is 5.69. The SMILES string of the molecule is CCC1(CO)CCN(Cc2ccc(OC(C)=O)cc2)CC1. The molecule has 1 heterocycles. The predicted molar refractivity (Wildman–Crippen MR) is 82.1 cm³/mol. The van der Waals surface area contributed by atoms with Gasteiger partial charge in [0.15, 0.2) is 0 Å². The van der Waals surface area contributed by atoms with Crippen molar-refractivity contribution >= 4 is 5.97 Å². The van der Waals surface area contributed by atoms with Crippen LogP contribution in [0.5, 0.6) is 5.75 Å². The van der Waals surface area contributed by atoms with Crippen LogP contribution in [0.2, 0.25) is 0 Å². The molecule has 0 spiro atoms. The van der Waals surface area contributed by atoms with Gasteiger partial charge < -0.3 is 9.84 Å². The van der Waals surface area contributed by atoms with Crippen molar-refractivity contribution in [2.75, 3.05) is 19.7 Å². The Morgan fingerprint density at radius 2 is 1.90 bits per heavy atom. The zero-order valence-electron chi connectivity index (χ0n) is 13.0. The van der Waals surface area contributed by atoms with Gasteiger partial charge in [-0.1, -0.05) is 19.1 Å². The molecule has 1 aliphatic heterocycles. The summed E-state index contributed by atoms with van der Waals surface area (Å²) in [5.74, 6) is 0.300. The molecule has 21 heavy (non-hydrogen) atoms. The van der Waals surface area contributed by atoms with Gasteiger partial charge in [0.25, 0.3) is 0 Å². The highest BCUT2D eigenvalue weighted by Crippen LogP contribution is 2.34. The van der Waals surface area contributed by atoms with Crippen molar-refractivity contribution in [2.24, 2.45) is 5.41 Å². The summed E-state index contributed by atoms with van der Waals surface area (Å²) in [5.41, 5.74) is 1.36. The molecule has 0 bridgehead atoms. The third kappa shape index (κ3) is 4.29. The van der Waals surface area contributed by atoms with E-state index in [2.05, 4.69) is 11.8 Å². The van der Waals surface area contributed by atoms with Gasteiger partial charge in [-0.05, 0) is 55.5 Å². The van der Waals surface area contributed by atoms with Gasteiger partial charge in [-0.15, -0.1) is 0 Å². The molecule has 1 aromatic rings. The molecule has 1 N–H and O–H groups in total. The number of carbonyl (C=O) groups excluding carboxylic acids is 1. The maximum Gasteiger partial charge on any atom is 0.308 e. The molecule has 1 aromatic carbocycles. The van der Waals surface area contributed by atoms with Gasteiger partial charge in [0.2, 0.25) is 0 Å². The van der Waals surface area contributed by atoms with E-state index in [0.29, 0.717) is 12.4 Å². The highest BCUT2D eigenvalue weighted by atomic mass is 16.5. The van der Waals surface area contributed by atoms with Gasteiger partial charge in [-0.3, -0.25) is 9.69 Å². The lowest BCUT2D eigenvalue weighted by atomic mass is 9.77. The lowest BCUT2D eigenvalue weighted by Gasteiger charge is -2.40. The molecule has 4 heteroatoms. The Labute approximate surface area is 126 Å². The van der Waals surface area contributed by atoms with Crippen LogP contribution in [0, 0.1) is 5.41 Å². The molecular weight excluding hydrogens is 266 g/mol. The first-order valence-electron chi connectivity index (χ1n) is 7.67. The van der Waals surface area contributed by atoms with Gasteiger partial charge in [0.1, 0.15) is 5.75 Å². The van der Waals surface area contributed by atoms with Crippen molar-refractivity contribution in [1.82, 2.24) is 4.90 Å². The average molecular weight is 291 g/mol. The van der Waals surface area contributed by atoms with Gasteiger partial charge in [0, 0.05) is 20.1 Å². The lowest BCUT2D eigenvalue weighted by Crippen LogP contribution is -2.41. The molecule has 116 valence electrons. The average Bonchev–Trinajstić information content (AvgIpc) is 2.50. The number of hydrogen-bond donors (Lipinski definition) is 1. The number of rotatable bonds is 5. The summed E-state index contributed by atoms with van der Waals surface area (Å²) >= 11 is 0. The second-order valence-corrected chi connectivity index (χ2v) is 6.03. The van der Waals surface area contributed by atoms with Crippen LogP contribution in [0.1, 0.15) is 38.7 Å². The normalized spacial score (nSPS) is 18.4. The molecular formula is C17H25NO3.